The highest BCUT2D eigenvalue weighted by molar-refractivity contribution is 8.00. The van der Waals surface area contributed by atoms with E-state index in [4.69, 9.17) is 5.73 Å². The van der Waals surface area contributed by atoms with Crippen molar-refractivity contribution in [1.29, 1.82) is 0 Å². The molecule has 24 heavy (non-hydrogen) atoms. The molecule has 1 rings (SSSR count). The minimum atomic E-state index is -0.730. The van der Waals surface area contributed by atoms with Crippen LogP contribution in [0.25, 0.3) is 0 Å². The molecule has 0 spiro atoms. The Hall–Kier alpha value is -2.09. The number of nitro benzene ring substituents is 1. The molecule has 0 aromatic heterocycles. The SMILES string of the molecule is CC(C)CCC(C)NC(=O)CSc1ccc(C(N)=O)cc1[N+](=O)[O-]. The molecule has 1 unspecified atom stereocenters. The first-order chi connectivity index (χ1) is 11.2. The highest BCUT2D eigenvalue weighted by Gasteiger charge is 2.18. The van der Waals surface area contributed by atoms with E-state index in [-0.39, 0.29) is 29.0 Å². The summed E-state index contributed by atoms with van der Waals surface area (Å²) in [5.41, 5.74) is 4.97. The zero-order valence-corrected chi connectivity index (χ0v) is 14.9. The molecule has 0 bridgehead atoms. The summed E-state index contributed by atoms with van der Waals surface area (Å²) in [6.07, 6.45) is 1.91. The maximum Gasteiger partial charge on any atom is 0.283 e. The fraction of sp³-hybridized carbons (Fsp3) is 0.500. The molecule has 1 atom stereocenters. The van der Waals surface area contributed by atoms with E-state index in [0.717, 1.165) is 30.7 Å². The van der Waals surface area contributed by atoms with Crippen LogP contribution < -0.4 is 11.1 Å². The Balaban J connectivity index is 2.65. The van der Waals surface area contributed by atoms with Gasteiger partial charge in [0.05, 0.1) is 15.6 Å². The highest BCUT2D eigenvalue weighted by atomic mass is 32.2. The molecular formula is C16H23N3O4S. The molecule has 2 amide bonds. The van der Waals surface area contributed by atoms with Crippen molar-refractivity contribution in [2.75, 3.05) is 5.75 Å². The zero-order chi connectivity index (χ0) is 18.3. The van der Waals surface area contributed by atoms with Gasteiger partial charge in [0.25, 0.3) is 5.69 Å². The van der Waals surface area contributed by atoms with Crippen LogP contribution in [0.1, 0.15) is 44.0 Å². The number of carbonyl (C=O) groups is 2. The fourth-order valence-corrected chi connectivity index (χ4v) is 2.87. The number of carbonyl (C=O) groups excluding carboxylic acids is 2. The summed E-state index contributed by atoms with van der Waals surface area (Å²) in [7, 11) is 0. The second-order valence-corrected chi connectivity index (χ2v) is 7.05. The van der Waals surface area contributed by atoms with Crippen molar-refractivity contribution in [1.82, 2.24) is 5.32 Å². The summed E-state index contributed by atoms with van der Waals surface area (Å²) in [5.74, 6) is -0.260. The molecule has 0 aliphatic rings. The minimum Gasteiger partial charge on any atom is -0.366 e. The van der Waals surface area contributed by atoms with Crippen molar-refractivity contribution in [3.05, 3.63) is 33.9 Å². The molecule has 0 heterocycles. The lowest BCUT2D eigenvalue weighted by molar-refractivity contribution is -0.387. The predicted molar refractivity (Wildman–Crippen MR) is 94.0 cm³/mol. The summed E-state index contributed by atoms with van der Waals surface area (Å²) in [6, 6.07) is 4.06. The first-order valence-electron chi connectivity index (χ1n) is 7.71. The third-order valence-electron chi connectivity index (χ3n) is 3.38. The van der Waals surface area contributed by atoms with Crippen LogP contribution in [0.4, 0.5) is 5.69 Å². The van der Waals surface area contributed by atoms with Crippen molar-refractivity contribution in [3.63, 3.8) is 0 Å². The molecule has 132 valence electrons. The number of nitrogens with one attached hydrogen (secondary N) is 1. The smallest absolute Gasteiger partial charge is 0.283 e. The van der Waals surface area contributed by atoms with Gasteiger partial charge in [0.15, 0.2) is 0 Å². The van der Waals surface area contributed by atoms with E-state index in [1.54, 1.807) is 0 Å². The number of hydrogen-bond donors (Lipinski definition) is 2. The second kappa shape index (κ2) is 9.27. The molecule has 0 fully saturated rings. The van der Waals surface area contributed by atoms with Gasteiger partial charge in [-0.3, -0.25) is 19.7 Å². The molecule has 8 heteroatoms. The van der Waals surface area contributed by atoms with Gasteiger partial charge in [-0.2, -0.15) is 0 Å². The quantitative estimate of drug-likeness (QED) is 0.402. The summed E-state index contributed by atoms with van der Waals surface area (Å²) >= 11 is 1.06. The van der Waals surface area contributed by atoms with Crippen LogP contribution in [0, 0.1) is 16.0 Å². The summed E-state index contributed by atoms with van der Waals surface area (Å²) < 4.78 is 0. The van der Waals surface area contributed by atoms with Gasteiger partial charge < -0.3 is 11.1 Å². The van der Waals surface area contributed by atoms with E-state index in [0.29, 0.717) is 10.8 Å². The van der Waals surface area contributed by atoms with Gasteiger partial charge in [-0.25, -0.2) is 0 Å². The second-order valence-electron chi connectivity index (χ2n) is 6.03. The van der Waals surface area contributed by atoms with E-state index in [2.05, 4.69) is 19.2 Å². The predicted octanol–water partition coefficient (Wildman–Crippen LogP) is 2.73. The van der Waals surface area contributed by atoms with Crippen LogP contribution in [-0.2, 0) is 4.79 Å². The van der Waals surface area contributed by atoms with Crippen LogP contribution in [0.15, 0.2) is 23.1 Å². The third-order valence-corrected chi connectivity index (χ3v) is 4.45. The van der Waals surface area contributed by atoms with Crippen LogP contribution in [-0.4, -0.2) is 28.5 Å². The van der Waals surface area contributed by atoms with Crippen molar-refractivity contribution < 1.29 is 14.5 Å². The van der Waals surface area contributed by atoms with Crippen LogP contribution in [0.2, 0.25) is 0 Å². The highest BCUT2D eigenvalue weighted by Crippen LogP contribution is 2.30. The Morgan fingerprint density at radius 2 is 1.96 bits per heavy atom. The van der Waals surface area contributed by atoms with Crippen LogP contribution >= 0.6 is 11.8 Å². The lowest BCUT2D eigenvalue weighted by atomic mass is 10.0. The van der Waals surface area contributed by atoms with Gasteiger partial charge in [-0.15, -0.1) is 11.8 Å². The van der Waals surface area contributed by atoms with E-state index in [9.17, 15) is 19.7 Å². The Morgan fingerprint density at radius 3 is 2.50 bits per heavy atom. The number of primary amides is 1. The average Bonchev–Trinajstić information content (AvgIpc) is 2.50. The summed E-state index contributed by atoms with van der Waals surface area (Å²) in [5, 5.41) is 14.0. The van der Waals surface area contributed by atoms with Crippen LogP contribution in [0.5, 0.6) is 0 Å². The number of thioether (sulfide) groups is 1. The molecule has 0 radical (unpaired) electrons. The molecule has 1 aromatic carbocycles. The number of nitrogens with two attached hydrogens (primary N) is 1. The molecule has 0 aliphatic heterocycles. The molecule has 0 saturated heterocycles. The van der Waals surface area contributed by atoms with Gasteiger partial charge in [-0.05, 0) is 37.8 Å². The molecule has 1 aromatic rings. The largest absolute Gasteiger partial charge is 0.366 e. The summed E-state index contributed by atoms with van der Waals surface area (Å²) in [6.45, 7) is 6.19. The number of rotatable bonds is 9. The first kappa shape index (κ1) is 20.0. The maximum atomic E-state index is 12.0. The Bertz CT molecular complexity index is 619. The third kappa shape index (κ3) is 6.57. The molecule has 0 saturated carbocycles. The number of amides is 2. The van der Waals surface area contributed by atoms with Gasteiger partial charge in [-0.1, -0.05) is 13.8 Å². The van der Waals surface area contributed by atoms with Crippen molar-refractivity contribution in [2.24, 2.45) is 11.7 Å². The van der Waals surface area contributed by atoms with Crippen molar-refractivity contribution in [2.45, 2.75) is 44.6 Å². The number of nitro groups is 1. The Kier molecular flexibility index (Phi) is 7.70. The number of benzene rings is 1. The van der Waals surface area contributed by atoms with Gasteiger partial charge in [0.1, 0.15) is 0 Å². The molecular weight excluding hydrogens is 330 g/mol. The van der Waals surface area contributed by atoms with Crippen molar-refractivity contribution in [3.8, 4) is 0 Å². The van der Waals surface area contributed by atoms with Crippen molar-refractivity contribution >= 4 is 29.3 Å². The normalized spacial score (nSPS) is 12.0. The molecule has 7 nitrogen and oxygen atoms in total. The average molecular weight is 353 g/mol. The topological polar surface area (TPSA) is 115 Å². The number of hydrogen-bond acceptors (Lipinski definition) is 5. The fourth-order valence-electron chi connectivity index (χ4n) is 2.05. The standard InChI is InChI=1S/C16H23N3O4S/c1-10(2)4-5-11(3)18-15(20)9-24-14-7-6-12(16(17)21)8-13(14)19(22)23/h6-8,10-11H,4-5,9H2,1-3H3,(H2,17,21)(H,18,20). The van der Waals surface area contributed by atoms with E-state index in [1.165, 1.54) is 12.1 Å². The first-order valence-corrected chi connectivity index (χ1v) is 8.69. The lowest BCUT2D eigenvalue weighted by Gasteiger charge is -2.15. The minimum absolute atomic E-state index is 0.0627. The maximum absolute atomic E-state index is 12.0. The van der Waals surface area contributed by atoms with Gasteiger partial charge >= 0.3 is 0 Å². The van der Waals surface area contributed by atoms with Gasteiger partial charge in [0.2, 0.25) is 11.8 Å². The van der Waals surface area contributed by atoms with Crippen LogP contribution in [0.3, 0.4) is 0 Å². The van der Waals surface area contributed by atoms with Gasteiger partial charge in [0, 0.05) is 17.7 Å². The molecule has 3 N–H and O–H groups in total. The monoisotopic (exact) mass is 353 g/mol. The summed E-state index contributed by atoms with van der Waals surface area (Å²) in [4.78, 5) is 33.9. The lowest BCUT2D eigenvalue weighted by Crippen LogP contribution is -2.34. The number of nitrogens with zero attached hydrogens (tertiary/aromatic N) is 1. The zero-order valence-electron chi connectivity index (χ0n) is 14.1. The Labute approximate surface area is 145 Å². The molecule has 0 aliphatic carbocycles. The van der Waals surface area contributed by atoms with E-state index < -0.39 is 10.8 Å². The van der Waals surface area contributed by atoms with E-state index >= 15 is 0 Å². The van der Waals surface area contributed by atoms with E-state index in [1.807, 2.05) is 6.92 Å². The Morgan fingerprint density at radius 1 is 1.29 bits per heavy atom.